The van der Waals surface area contributed by atoms with E-state index in [0.717, 1.165) is 25.1 Å². The molecule has 4 heteroatoms. The Morgan fingerprint density at radius 3 is 3.10 bits per heavy atom. The maximum Gasteiger partial charge on any atom is 0.252 e. The van der Waals surface area contributed by atoms with Gasteiger partial charge in [0, 0.05) is 12.5 Å². The van der Waals surface area contributed by atoms with Crippen LogP contribution in [0.4, 0.5) is 5.82 Å². The van der Waals surface area contributed by atoms with Crippen LogP contribution >= 0.6 is 0 Å². The Labute approximate surface area is 118 Å². The van der Waals surface area contributed by atoms with Gasteiger partial charge in [-0.2, -0.15) is 0 Å². The predicted molar refractivity (Wildman–Crippen MR) is 80.0 cm³/mol. The van der Waals surface area contributed by atoms with Crippen molar-refractivity contribution in [3.8, 4) is 0 Å². The summed E-state index contributed by atoms with van der Waals surface area (Å²) in [5.41, 5.74) is 2.64. The van der Waals surface area contributed by atoms with Crippen molar-refractivity contribution >= 4 is 5.82 Å². The average Bonchev–Trinajstić information content (AvgIpc) is 2.47. The number of hydrogen-bond donors (Lipinski definition) is 2. The topological polar surface area (TPSA) is 57.8 Å². The number of rotatable bonds is 3. The fraction of sp³-hybridized carbons (Fsp3) is 0.375. The minimum Gasteiger partial charge on any atom is -0.363 e. The van der Waals surface area contributed by atoms with Crippen LogP contribution in [0, 0.1) is 0 Å². The maximum absolute atomic E-state index is 11.6. The fourth-order valence-corrected chi connectivity index (χ4v) is 2.83. The molecule has 1 aliphatic rings. The van der Waals surface area contributed by atoms with Crippen LogP contribution in [-0.2, 0) is 12.8 Å². The normalized spacial score (nSPS) is 17.6. The third-order valence-corrected chi connectivity index (χ3v) is 3.82. The number of benzene rings is 1. The number of aryl methyl sites for hydroxylation is 2. The van der Waals surface area contributed by atoms with E-state index in [9.17, 15) is 4.79 Å². The third-order valence-electron chi connectivity index (χ3n) is 3.82. The molecule has 0 spiro atoms. The number of anilines is 1. The van der Waals surface area contributed by atoms with E-state index in [1.165, 1.54) is 23.6 Å². The zero-order valence-corrected chi connectivity index (χ0v) is 11.6. The van der Waals surface area contributed by atoms with Crippen LogP contribution in [0.25, 0.3) is 0 Å². The Bertz CT molecular complexity index is 663. The van der Waals surface area contributed by atoms with E-state index in [0.29, 0.717) is 5.82 Å². The van der Waals surface area contributed by atoms with Crippen molar-refractivity contribution in [1.29, 1.82) is 0 Å². The summed E-state index contributed by atoms with van der Waals surface area (Å²) in [5, 5.41) is 3.42. The van der Waals surface area contributed by atoms with E-state index in [1.54, 1.807) is 0 Å². The van der Waals surface area contributed by atoms with Gasteiger partial charge < -0.3 is 10.3 Å². The average molecular weight is 269 g/mol. The van der Waals surface area contributed by atoms with Crippen molar-refractivity contribution in [3.63, 3.8) is 0 Å². The number of aromatic nitrogens is 2. The Kier molecular flexibility index (Phi) is 3.54. The highest BCUT2D eigenvalue weighted by Crippen LogP contribution is 2.31. The standard InChI is InChI=1S/C16H19N3O/c1-2-14-18-15(10-16(20)19-14)17-13-9-5-7-11-6-3-4-8-12(11)13/h3-4,6,8,10,13H,2,5,7,9H2,1H3,(H2,17,18,19,20). The lowest BCUT2D eigenvalue weighted by molar-refractivity contribution is 0.598. The summed E-state index contributed by atoms with van der Waals surface area (Å²) in [5.74, 6) is 1.40. The summed E-state index contributed by atoms with van der Waals surface area (Å²) >= 11 is 0. The first-order valence-electron chi connectivity index (χ1n) is 7.21. The van der Waals surface area contributed by atoms with Crippen LogP contribution in [0.5, 0.6) is 0 Å². The molecule has 1 unspecified atom stereocenters. The molecule has 104 valence electrons. The van der Waals surface area contributed by atoms with Crippen molar-refractivity contribution in [2.24, 2.45) is 0 Å². The molecule has 2 N–H and O–H groups in total. The predicted octanol–water partition coefficient (Wildman–Crippen LogP) is 2.82. The van der Waals surface area contributed by atoms with Gasteiger partial charge in [0.2, 0.25) is 0 Å². The number of aromatic amines is 1. The summed E-state index contributed by atoms with van der Waals surface area (Å²) in [4.78, 5) is 18.8. The number of H-pyrrole nitrogens is 1. The molecule has 4 nitrogen and oxygen atoms in total. The molecule has 0 saturated heterocycles. The van der Waals surface area contributed by atoms with Crippen molar-refractivity contribution in [1.82, 2.24) is 9.97 Å². The van der Waals surface area contributed by atoms with Gasteiger partial charge in [0.05, 0.1) is 6.04 Å². The van der Waals surface area contributed by atoms with Crippen molar-refractivity contribution in [3.05, 3.63) is 57.6 Å². The summed E-state index contributed by atoms with van der Waals surface area (Å²) in [7, 11) is 0. The number of hydrogen-bond acceptors (Lipinski definition) is 3. The Balaban J connectivity index is 1.89. The van der Waals surface area contributed by atoms with Crippen LogP contribution in [0.2, 0.25) is 0 Å². The third kappa shape index (κ3) is 2.59. The molecular weight excluding hydrogens is 250 g/mol. The highest BCUT2D eigenvalue weighted by Gasteiger charge is 2.20. The molecule has 0 amide bonds. The summed E-state index contributed by atoms with van der Waals surface area (Å²) < 4.78 is 0. The van der Waals surface area contributed by atoms with Gasteiger partial charge in [0.15, 0.2) is 0 Å². The van der Waals surface area contributed by atoms with Gasteiger partial charge in [-0.1, -0.05) is 31.2 Å². The van der Waals surface area contributed by atoms with Gasteiger partial charge in [-0.25, -0.2) is 4.98 Å². The second-order valence-corrected chi connectivity index (χ2v) is 5.22. The van der Waals surface area contributed by atoms with Crippen LogP contribution < -0.4 is 10.9 Å². The summed E-state index contributed by atoms with van der Waals surface area (Å²) in [6, 6.07) is 10.3. The number of fused-ring (bicyclic) bond motifs is 1. The minimum absolute atomic E-state index is 0.0940. The molecule has 0 saturated carbocycles. The molecule has 0 radical (unpaired) electrons. The molecule has 3 rings (SSSR count). The van der Waals surface area contributed by atoms with E-state index < -0.39 is 0 Å². The van der Waals surface area contributed by atoms with E-state index >= 15 is 0 Å². The van der Waals surface area contributed by atoms with Crippen molar-refractivity contribution in [2.75, 3.05) is 5.32 Å². The molecule has 0 aliphatic heterocycles. The largest absolute Gasteiger partial charge is 0.363 e. The highest BCUT2D eigenvalue weighted by atomic mass is 16.1. The molecular formula is C16H19N3O. The number of nitrogens with one attached hydrogen (secondary N) is 2. The van der Waals surface area contributed by atoms with Gasteiger partial charge in [-0.15, -0.1) is 0 Å². The van der Waals surface area contributed by atoms with E-state index in [-0.39, 0.29) is 11.6 Å². The molecule has 1 aliphatic carbocycles. The smallest absolute Gasteiger partial charge is 0.252 e. The van der Waals surface area contributed by atoms with E-state index in [4.69, 9.17) is 0 Å². The van der Waals surface area contributed by atoms with Gasteiger partial charge in [-0.3, -0.25) is 4.79 Å². The van der Waals surface area contributed by atoms with E-state index in [1.807, 2.05) is 6.92 Å². The lowest BCUT2D eigenvalue weighted by atomic mass is 9.88. The number of nitrogens with zero attached hydrogens (tertiary/aromatic N) is 1. The van der Waals surface area contributed by atoms with Gasteiger partial charge in [0.25, 0.3) is 5.56 Å². The molecule has 0 bridgehead atoms. The van der Waals surface area contributed by atoms with Crippen LogP contribution in [0.1, 0.15) is 42.8 Å². The van der Waals surface area contributed by atoms with E-state index in [2.05, 4.69) is 39.6 Å². The second-order valence-electron chi connectivity index (χ2n) is 5.22. The minimum atomic E-state index is -0.0940. The summed E-state index contributed by atoms with van der Waals surface area (Å²) in [6.45, 7) is 1.98. The Morgan fingerprint density at radius 1 is 1.40 bits per heavy atom. The monoisotopic (exact) mass is 269 g/mol. The highest BCUT2D eigenvalue weighted by molar-refractivity contribution is 5.41. The first-order valence-corrected chi connectivity index (χ1v) is 7.21. The van der Waals surface area contributed by atoms with Crippen molar-refractivity contribution in [2.45, 2.75) is 38.6 Å². The summed E-state index contributed by atoms with van der Waals surface area (Å²) in [6.07, 6.45) is 4.11. The molecule has 1 heterocycles. The van der Waals surface area contributed by atoms with Crippen LogP contribution in [0.3, 0.4) is 0 Å². The van der Waals surface area contributed by atoms with Crippen LogP contribution in [0.15, 0.2) is 35.1 Å². The molecule has 1 atom stereocenters. The zero-order valence-electron chi connectivity index (χ0n) is 11.6. The second kappa shape index (κ2) is 5.49. The molecule has 20 heavy (non-hydrogen) atoms. The zero-order chi connectivity index (χ0) is 13.9. The first-order chi connectivity index (χ1) is 9.76. The maximum atomic E-state index is 11.6. The lowest BCUT2D eigenvalue weighted by Gasteiger charge is -2.26. The van der Waals surface area contributed by atoms with Gasteiger partial charge in [0.1, 0.15) is 11.6 Å². The Morgan fingerprint density at radius 2 is 2.25 bits per heavy atom. The fourth-order valence-electron chi connectivity index (χ4n) is 2.83. The first kappa shape index (κ1) is 12.9. The quantitative estimate of drug-likeness (QED) is 0.900. The molecule has 2 aromatic rings. The van der Waals surface area contributed by atoms with Crippen LogP contribution in [-0.4, -0.2) is 9.97 Å². The molecule has 0 fully saturated rings. The molecule has 1 aromatic carbocycles. The SMILES string of the molecule is CCc1nc(NC2CCCc3ccccc32)cc(=O)[nH]1. The van der Waals surface area contributed by atoms with Gasteiger partial charge >= 0.3 is 0 Å². The van der Waals surface area contributed by atoms with Crippen molar-refractivity contribution < 1.29 is 0 Å². The molecule has 1 aromatic heterocycles. The lowest BCUT2D eigenvalue weighted by Crippen LogP contribution is -2.20. The van der Waals surface area contributed by atoms with Gasteiger partial charge in [-0.05, 0) is 30.4 Å². The Hall–Kier alpha value is -2.10.